The van der Waals surface area contributed by atoms with Gasteiger partial charge in [-0.2, -0.15) is 0 Å². The van der Waals surface area contributed by atoms with Crippen LogP contribution >= 0.6 is 11.6 Å². The summed E-state index contributed by atoms with van der Waals surface area (Å²) in [4.78, 5) is 29.1. The molecule has 9 heteroatoms. The van der Waals surface area contributed by atoms with E-state index in [4.69, 9.17) is 11.6 Å². The Morgan fingerprint density at radius 3 is 2.17 bits per heavy atom. The average Bonchev–Trinajstić information content (AvgIpc) is 2.87. The van der Waals surface area contributed by atoms with Gasteiger partial charge in [0.2, 0.25) is 11.8 Å². The van der Waals surface area contributed by atoms with Crippen molar-refractivity contribution in [2.75, 3.05) is 10.8 Å². The summed E-state index contributed by atoms with van der Waals surface area (Å²) in [6, 6.07) is 19.6. The van der Waals surface area contributed by atoms with Crippen LogP contribution < -0.4 is 9.62 Å². The molecule has 3 rings (SSSR count). The van der Waals surface area contributed by atoms with Gasteiger partial charge >= 0.3 is 0 Å². The van der Waals surface area contributed by atoms with Crippen molar-refractivity contribution >= 4 is 39.1 Å². The van der Waals surface area contributed by atoms with Crippen molar-refractivity contribution < 1.29 is 18.0 Å². The van der Waals surface area contributed by atoms with E-state index in [9.17, 15) is 18.0 Å². The average molecular weight is 584 g/mol. The van der Waals surface area contributed by atoms with E-state index in [1.807, 2.05) is 65.8 Å². The van der Waals surface area contributed by atoms with Crippen LogP contribution in [0.25, 0.3) is 0 Å². The number of benzene rings is 3. The Balaban J connectivity index is 2.09. The third kappa shape index (κ3) is 7.86. The van der Waals surface area contributed by atoms with Crippen LogP contribution in [0.1, 0.15) is 50.8 Å². The number of anilines is 1. The standard InChI is InChI=1S/C31H38ClN3O4S/c1-7-28(30(37)33-31(4,5)6)34(20-24-12-9-8-11-23(24)3)29(36)21-35(26-14-10-13-25(32)19-26)40(38,39)27-17-15-22(2)16-18-27/h8-19,28H,7,20-21H2,1-6H3,(H,33,37). The van der Waals surface area contributed by atoms with Crippen molar-refractivity contribution in [3.63, 3.8) is 0 Å². The molecule has 1 unspecified atom stereocenters. The molecule has 0 aliphatic rings. The Kier molecular flexibility index (Phi) is 10.0. The Morgan fingerprint density at radius 2 is 1.60 bits per heavy atom. The van der Waals surface area contributed by atoms with Gasteiger partial charge in [0.15, 0.2) is 0 Å². The smallest absolute Gasteiger partial charge is 0.264 e. The van der Waals surface area contributed by atoms with E-state index in [2.05, 4.69) is 5.32 Å². The number of nitrogens with zero attached hydrogens (tertiary/aromatic N) is 2. The van der Waals surface area contributed by atoms with Crippen LogP contribution in [0.2, 0.25) is 5.02 Å². The number of carbonyl (C=O) groups is 2. The van der Waals surface area contributed by atoms with Gasteiger partial charge in [-0.15, -0.1) is 0 Å². The molecule has 3 aromatic carbocycles. The first kappa shape index (κ1) is 31.2. The largest absolute Gasteiger partial charge is 0.350 e. The van der Waals surface area contributed by atoms with Crippen molar-refractivity contribution in [1.82, 2.24) is 10.2 Å². The summed E-state index contributed by atoms with van der Waals surface area (Å²) in [5.41, 5.74) is 2.48. The molecule has 0 bridgehead atoms. The summed E-state index contributed by atoms with van der Waals surface area (Å²) in [7, 11) is -4.15. The van der Waals surface area contributed by atoms with Crippen molar-refractivity contribution in [3.8, 4) is 0 Å². The van der Waals surface area contributed by atoms with Gasteiger partial charge in [0.25, 0.3) is 10.0 Å². The summed E-state index contributed by atoms with van der Waals surface area (Å²) in [6.45, 7) is 10.9. The Morgan fingerprint density at radius 1 is 0.950 bits per heavy atom. The highest BCUT2D eigenvalue weighted by Gasteiger charge is 2.34. The topological polar surface area (TPSA) is 86.8 Å². The van der Waals surface area contributed by atoms with Crippen molar-refractivity contribution in [2.45, 2.75) is 71.0 Å². The van der Waals surface area contributed by atoms with Gasteiger partial charge in [0, 0.05) is 17.1 Å². The SMILES string of the molecule is CCC(C(=O)NC(C)(C)C)N(Cc1ccccc1C)C(=O)CN(c1cccc(Cl)c1)S(=O)(=O)c1ccc(C)cc1. The zero-order valence-corrected chi connectivity index (χ0v) is 25.5. The lowest BCUT2D eigenvalue weighted by molar-refractivity contribution is -0.141. The summed E-state index contributed by atoms with van der Waals surface area (Å²) < 4.78 is 28.9. The molecule has 7 nitrogen and oxygen atoms in total. The van der Waals surface area contributed by atoms with Gasteiger partial charge in [0.05, 0.1) is 10.6 Å². The summed E-state index contributed by atoms with van der Waals surface area (Å²) >= 11 is 6.24. The maximum absolute atomic E-state index is 14.1. The van der Waals surface area contributed by atoms with Crippen LogP contribution in [0.3, 0.4) is 0 Å². The maximum atomic E-state index is 14.1. The molecule has 3 aromatic rings. The minimum absolute atomic E-state index is 0.0499. The predicted molar refractivity (Wildman–Crippen MR) is 161 cm³/mol. The second-order valence-corrected chi connectivity index (χ2v) is 13.2. The molecule has 0 saturated carbocycles. The zero-order chi connectivity index (χ0) is 29.7. The monoisotopic (exact) mass is 583 g/mol. The Labute approximate surface area is 243 Å². The lowest BCUT2D eigenvalue weighted by Gasteiger charge is -2.35. The number of amides is 2. The number of hydrogen-bond acceptors (Lipinski definition) is 4. The third-order valence-corrected chi connectivity index (χ3v) is 8.49. The molecular formula is C31H38ClN3O4S. The second-order valence-electron chi connectivity index (χ2n) is 10.9. The van der Waals surface area contributed by atoms with E-state index in [1.165, 1.54) is 23.1 Å². The van der Waals surface area contributed by atoms with Crippen molar-refractivity contribution in [1.29, 1.82) is 0 Å². The van der Waals surface area contributed by atoms with Gasteiger partial charge in [-0.25, -0.2) is 8.42 Å². The van der Waals surface area contributed by atoms with E-state index in [0.29, 0.717) is 11.4 Å². The third-order valence-electron chi connectivity index (χ3n) is 6.47. The first-order valence-corrected chi connectivity index (χ1v) is 15.1. The van der Waals surface area contributed by atoms with E-state index < -0.39 is 34.1 Å². The fraction of sp³-hybridized carbons (Fsp3) is 0.355. The molecule has 0 fully saturated rings. The van der Waals surface area contributed by atoms with Crippen LogP contribution in [-0.4, -0.2) is 43.3 Å². The quantitative estimate of drug-likeness (QED) is 0.323. The van der Waals surface area contributed by atoms with Crippen LogP contribution in [-0.2, 0) is 26.2 Å². The fourth-order valence-corrected chi connectivity index (χ4v) is 5.93. The van der Waals surface area contributed by atoms with E-state index in [-0.39, 0.29) is 23.0 Å². The number of halogens is 1. The lowest BCUT2D eigenvalue weighted by Crippen LogP contribution is -2.55. The van der Waals surface area contributed by atoms with Gasteiger partial charge in [-0.05, 0) is 82.5 Å². The number of aryl methyl sites for hydroxylation is 2. The first-order valence-electron chi connectivity index (χ1n) is 13.2. The molecule has 0 radical (unpaired) electrons. The molecule has 2 amide bonds. The fourth-order valence-electron chi connectivity index (χ4n) is 4.34. The number of nitrogens with one attached hydrogen (secondary N) is 1. The van der Waals surface area contributed by atoms with Crippen LogP contribution in [0.15, 0.2) is 77.7 Å². The number of sulfonamides is 1. The molecule has 1 atom stereocenters. The second kappa shape index (κ2) is 12.9. The van der Waals surface area contributed by atoms with Crippen molar-refractivity contribution in [3.05, 3.63) is 94.5 Å². The number of rotatable bonds is 10. The van der Waals surface area contributed by atoms with Crippen LogP contribution in [0.4, 0.5) is 5.69 Å². The van der Waals surface area contributed by atoms with Gasteiger partial charge in [0.1, 0.15) is 12.6 Å². The van der Waals surface area contributed by atoms with Crippen LogP contribution in [0.5, 0.6) is 0 Å². The molecular weight excluding hydrogens is 546 g/mol. The molecule has 0 spiro atoms. The first-order chi connectivity index (χ1) is 18.7. The summed E-state index contributed by atoms with van der Waals surface area (Å²) in [5, 5.41) is 3.31. The van der Waals surface area contributed by atoms with Crippen LogP contribution in [0, 0.1) is 13.8 Å². The molecule has 0 aliphatic heterocycles. The van der Waals surface area contributed by atoms with Gasteiger partial charge in [-0.1, -0.05) is 66.6 Å². The summed E-state index contributed by atoms with van der Waals surface area (Å²) in [6.07, 6.45) is 0.349. The number of hydrogen-bond donors (Lipinski definition) is 1. The highest BCUT2D eigenvalue weighted by molar-refractivity contribution is 7.92. The van der Waals surface area contributed by atoms with Gasteiger partial charge < -0.3 is 10.2 Å². The molecule has 0 saturated heterocycles. The highest BCUT2D eigenvalue weighted by Crippen LogP contribution is 2.27. The maximum Gasteiger partial charge on any atom is 0.264 e. The van der Waals surface area contributed by atoms with E-state index >= 15 is 0 Å². The minimum atomic E-state index is -4.15. The molecule has 214 valence electrons. The zero-order valence-electron chi connectivity index (χ0n) is 23.9. The Bertz CT molecular complexity index is 1450. The minimum Gasteiger partial charge on any atom is -0.350 e. The van der Waals surface area contributed by atoms with Gasteiger partial charge in [-0.3, -0.25) is 13.9 Å². The molecule has 40 heavy (non-hydrogen) atoms. The normalized spacial score (nSPS) is 12.5. The molecule has 0 heterocycles. The number of carbonyl (C=O) groups excluding carboxylic acids is 2. The molecule has 0 aliphatic carbocycles. The molecule has 1 N–H and O–H groups in total. The predicted octanol–water partition coefficient (Wildman–Crippen LogP) is 5.87. The summed E-state index contributed by atoms with van der Waals surface area (Å²) in [5.74, 6) is -0.803. The van der Waals surface area contributed by atoms with Crippen molar-refractivity contribution in [2.24, 2.45) is 0 Å². The van der Waals surface area contributed by atoms with E-state index in [0.717, 1.165) is 21.0 Å². The Hall–Kier alpha value is -3.36. The lowest BCUT2D eigenvalue weighted by atomic mass is 10.0. The molecule has 0 aromatic heterocycles. The highest BCUT2D eigenvalue weighted by atomic mass is 35.5. The van der Waals surface area contributed by atoms with E-state index in [1.54, 1.807) is 30.3 Å².